The van der Waals surface area contributed by atoms with Gasteiger partial charge >= 0.3 is 6.03 Å². The molecule has 0 bridgehead atoms. The van der Waals surface area contributed by atoms with E-state index in [1.165, 1.54) is 24.3 Å². The maximum atomic E-state index is 13.0. The quantitative estimate of drug-likeness (QED) is 0.631. The molecule has 26 heavy (non-hydrogen) atoms. The van der Waals surface area contributed by atoms with E-state index in [1.807, 2.05) is 0 Å². The molecule has 0 atom stereocenters. The topological polar surface area (TPSA) is 70.2 Å². The molecule has 0 aliphatic carbocycles. The van der Waals surface area contributed by atoms with E-state index in [0.29, 0.717) is 18.5 Å². The molecule has 0 aliphatic rings. The summed E-state index contributed by atoms with van der Waals surface area (Å²) in [7, 11) is 0. The summed E-state index contributed by atoms with van der Waals surface area (Å²) in [6.45, 7) is 0.972. The summed E-state index contributed by atoms with van der Waals surface area (Å²) < 4.78 is 25.8. The third-order valence-corrected chi connectivity index (χ3v) is 3.60. The number of urea groups is 1. The molecule has 7 heteroatoms. The average Bonchev–Trinajstić information content (AvgIpc) is 2.60. The molecule has 0 radical (unpaired) electrons. The lowest BCUT2D eigenvalue weighted by Crippen LogP contribution is -2.41. The molecule has 0 saturated heterocycles. The van der Waals surface area contributed by atoms with Gasteiger partial charge < -0.3 is 16.0 Å². The second kappa shape index (κ2) is 10.1. The monoisotopic (exact) mass is 361 g/mol. The minimum Gasteiger partial charge on any atom is -0.354 e. The second-order valence-electron chi connectivity index (χ2n) is 5.72. The molecule has 138 valence electrons. The molecular formula is C19H21F2N3O2. The number of nitrogens with one attached hydrogen (secondary N) is 3. The fourth-order valence-corrected chi connectivity index (χ4v) is 2.31. The van der Waals surface area contributed by atoms with Gasteiger partial charge in [-0.05, 0) is 41.8 Å². The van der Waals surface area contributed by atoms with Crippen LogP contribution in [0, 0.1) is 11.6 Å². The molecule has 0 unspecified atom stereocenters. The van der Waals surface area contributed by atoms with Crippen LogP contribution < -0.4 is 16.0 Å². The number of hydrogen-bond acceptors (Lipinski definition) is 2. The first-order chi connectivity index (χ1) is 12.5. The fraction of sp³-hybridized carbons (Fsp3) is 0.263. The van der Waals surface area contributed by atoms with Gasteiger partial charge in [-0.2, -0.15) is 0 Å². The largest absolute Gasteiger partial charge is 0.354 e. The fourth-order valence-electron chi connectivity index (χ4n) is 2.31. The SMILES string of the molecule is O=C(Cc1cccc(F)c1)NCCNC(=O)NCCc1ccc(F)cc1. The summed E-state index contributed by atoms with van der Waals surface area (Å²) in [5.41, 5.74) is 1.52. The molecule has 0 aliphatic heterocycles. The van der Waals surface area contributed by atoms with Gasteiger partial charge in [-0.15, -0.1) is 0 Å². The Morgan fingerprint density at radius 2 is 1.46 bits per heavy atom. The molecule has 3 N–H and O–H groups in total. The summed E-state index contributed by atoms with van der Waals surface area (Å²) in [5.74, 6) is -0.915. The number of benzene rings is 2. The Labute approximate surface area is 150 Å². The van der Waals surface area contributed by atoms with Crippen molar-refractivity contribution in [1.29, 1.82) is 0 Å². The van der Waals surface area contributed by atoms with Crippen LogP contribution in [0.25, 0.3) is 0 Å². The lowest BCUT2D eigenvalue weighted by Gasteiger charge is -2.09. The van der Waals surface area contributed by atoms with Gasteiger partial charge in [-0.3, -0.25) is 4.79 Å². The summed E-state index contributed by atoms with van der Waals surface area (Å²) in [6, 6.07) is 11.6. The van der Waals surface area contributed by atoms with Crippen molar-refractivity contribution in [2.45, 2.75) is 12.8 Å². The predicted molar refractivity (Wildman–Crippen MR) is 94.6 cm³/mol. The van der Waals surface area contributed by atoms with Gasteiger partial charge in [-0.25, -0.2) is 13.6 Å². The van der Waals surface area contributed by atoms with Gasteiger partial charge in [0.2, 0.25) is 5.91 Å². The van der Waals surface area contributed by atoms with Crippen molar-refractivity contribution >= 4 is 11.9 Å². The number of halogens is 2. The van der Waals surface area contributed by atoms with Gasteiger partial charge in [0.15, 0.2) is 0 Å². The third kappa shape index (κ3) is 7.29. The van der Waals surface area contributed by atoms with E-state index < -0.39 is 0 Å². The zero-order chi connectivity index (χ0) is 18.8. The highest BCUT2D eigenvalue weighted by atomic mass is 19.1. The molecular weight excluding hydrogens is 340 g/mol. The third-order valence-electron chi connectivity index (χ3n) is 3.60. The van der Waals surface area contributed by atoms with Crippen molar-refractivity contribution in [1.82, 2.24) is 16.0 Å². The Morgan fingerprint density at radius 1 is 0.769 bits per heavy atom. The van der Waals surface area contributed by atoms with Crippen LogP contribution in [0.2, 0.25) is 0 Å². The second-order valence-corrected chi connectivity index (χ2v) is 5.72. The van der Waals surface area contributed by atoms with Crippen molar-refractivity contribution in [3.05, 3.63) is 71.3 Å². The van der Waals surface area contributed by atoms with Crippen LogP contribution in [0.1, 0.15) is 11.1 Å². The number of carbonyl (C=O) groups excluding carboxylic acids is 2. The highest BCUT2D eigenvalue weighted by molar-refractivity contribution is 5.78. The van der Waals surface area contributed by atoms with Crippen molar-refractivity contribution in [2.24, 2.45) is 0 Å². The van der Waals surface area contributed by atoms with E-state index in [9.17, 15) is 18.4 Å². The van der Waals surface area contributed by atoms with Gasteiger partial charge in [0, 0.05) is 19.6 Å². The first-order valence-electron chi connectivity index (χ1n) is 8.30. The number of hydrogen-bond donors (Lipinski definition) is 3. The van der Waals surface area contributed by atoms with E-state index in [2.05, 4.69) is 16.0 Å². The summed E-state index contributed by atoms with van der Waals surface area (Å²) in [4.78, 5) is 23.4. The summed E-state index contributed by atoms with van der Waals surface area (Å²) in [6.07, 6.45) is 0.680. The number of rotatable bonds is 8. The average molecular weight is 361 g/mol. The van der Waals surface area contributed by atoms with E-state index in [4.69, 9.17) is 0 Å². The van der Waals surface area contributed by atoms with E-state index in [1.54, 1.807) is 24.3 Å². The van der Waals surface area contributed by atoms with Crippen molar-refractivity contribution in [2.75, 3.05) is 19.6 Å². The minimum absolute atomic E-state index is 0.0849. The Morgan fingerprint density at radius 3 is 2.19 bits per heavy atom. The molecule has 2 aromatic rings. The lowest BCUT2D eigenvalue weighted by atomic mass is 10.1. The van der Waals surface area contributed by atoms with Gasteiger partial charge in [-0.1, -0.05) is 24.3 Å². The van der Waals surface area contributed by atoms with Crippen LogP contribution in [0.5, 0.6) is 0 Å². The lowest BCUT2D eigenvalue weighted by molar-refractivity contribution is -0.120. The Hall–Kier alpha value is -2.96. The van der Waals surface area contributed by atoms with Crippen LogP contribution >= 0.6 is 0 Å². The molecule has 0 heterocycles. The van der Waals surface area contributed by atoms with E-state index in [-0.39, 0.29) is 43.1 Å². The highest BCUT2D eigenvalue weighted by Crippen LogP contribution is 2.04. The molecule has 5 nitrogen and oxygen atoms in total. The summed E-state index contributed by atoms with van der Waals surface area (Å²) >= 11 is 0. The van der Waals surface area contributed by atoms with Crippen molar-refractivity contribution in [3.8, 4) is 0 Å². The van der Waals surface area contributed by atoms with Crippen LogP contribution in [-0.2, 0) is 17.6 Å². The zero-order valence-electron chi connectivity index (χ0n) is 14.2. The van der Waals surface area contributed by atoms with Crippen LogP contribution in [0.4, 0.5) is 13.6 Å². The molecule has 0 spiro atoms. The van der Waals surface area contributed by atoms with Gasteiger partial charge in [0.05, 0.1) is 6.42 Å². The standard InChI is InChI=1S/C19H21F2N3O2/c20-16-6-4-14(5-7-16)8-9-23-19(26)24-11-10-22-18(25)13-15-2-1-3-17(21)12-15/h1-7,12H,8-11,13H2,(H,22,25)(H2,23,24,26). The van der Waals surface area contributed by atoms with E-state index in [0.717, 1.165) is 5.56 Å². The molecule has 0 fully saturated rings. The predicted octanol–water partition coefficient (Wildman–Crippen LogP) is 2.17. The molecule has 2 aromatic carbocycles. The number of carbonyl (C=O) groups is 2. The van der Waals surface area contributed by atoms with Gasteiger partial charge in [0.1, 0.15) is 11.6 Å². The first kappa shape index (κ1) is 19.4. The van der Waals surface area contributed by atoms with E-state index >= 15 is 0 Å². The smallest absolute Gasteiger partial charge is 0.314 e. The Bertz CT molecular complexity index is 736. The molecule has 3 amide bonds. The Kier molecular flexibility index (Phi) is 7.54. The Balaban J connectivity index is 1.55. The first-order valence-corrected chi connectivity index (χ1v) is 8.30. The van der Waals surface area contributed by atoms with Crippen molar-refractivity contribution in [3.63, 3.8) is 0 Å². The number of amides is 3. The molecule has 0 saturated carbocycles. The zero-order valence-corrected chi connectivity index (χ0v) is 14.2. The van der Waals surface area contributed by atoms with Crippen LogP contribution in [-0.4, -0.2) is 31.6 Å². The maximum absolute atomic E-state index is 13.0. The normalized spacial score (nSPS) is 10.2. The highest BCUT2D eigenvalue weighted by Gasteiger charge is 2.04. The van der Waals surface area contributed by atoms with Crippen LogP contribution in [0.3, 0.4) is 0 Å². The minimum atomic E-state index is -0.380. The maximum Gasteiger partial charge on any atom is 0.314 e. The van der Waals surface area contributed by atoms with Gasteiger partial charge in [0.25, 0.3) is 0 Å². The molecule has 0 aromatic heterocycles. The summed E-state index contributed by atoms with van der Waals surface area (Å²) in [5, 5.41) is 7.96. The van der Waals surface area contributed by atoms with Crippen LogP contribution in [0.15, 0.2) is 48.5 Å². The van der Waals surface area contributed by atoms with Crippen molar-refractivity contribution < 1.29 is 18.4 Å². The molecule has 2 rings (SSSR count).